The number of rotatable bonds is 3. The highest BCUT2D eigenvalue weighted by Gasteiger charge is 2.38. The third-order valence-corrected chi connectivity index (χ3v) is 3.98. The van der Waals surface area contributed by atoms with E-state index < -0.39 is 11.5 Å². The van der Waals surface area contributed by atoms with Gasteiger partial charge in [-0.2, -0.15) is 0 Å². The summed E-state index contributed by atoms with van der Waals surface area (Å²) in [6.45, 7) is 3.52. The molecular weight excluding hydrogens is 214 g/mol. The smallest absolute Gasteiger partial charge is 0.323 e. The Morgan fingerprint density at radius 2 is 1.76 bits per heavy atom. The van der Waals surface area contributed by atoms with Crippen molar-refractivity contribution in [1.82, 2.24) is 4.90 Å². The van der Waals surface area contributed by atoms with Crippen molar-refractivity contribution in [3.8, 4) is 0 Å². The zero-order valence-electron chi connectivity index (χ0n) is 10.6. The predicted octanol–water partition coefficient (Wildman–Crippen LogP) is 1.95. The van der Waals surface area contributed by atoms with Gasteiger partial charge in [-0.1, -0.05) is 24.3 Å². The van der Waals surface area contributed by atoms with E-state index in [4.69, 9.17) is 0 Å². The molecule has 1 aromatic carbocycles. The van der Waals surface area contributed by atoms with Crippen LogP contribution in [-0.2, 0) is 17.6 Å². The Balaban J connectivity index is 2.16. The Hall–Kier alpha value is -1.35. The first-order chi connectivity index (χ1) is 7.93. The van der Waals surface area contributed by atoms with Crippen LogP contribution in [0.2, 0.25) is 0 Å². The molecular formula is C14H19NO2. The van der Waals surface area contributed by atoms with Crippen LogP contribution < -0.4 is 0 Å². The molecule has 0 bridgehead atoms. The van der Waals surface area contributed by atoms with Crippen molar-refractivity contribution in [2.75, 3.05) is 7.05 Å². The Kier molecular flexibility index (Phi) is 2.96. The molecule has 1 aliphatic carbocycles. The highest BCUT2D eigenvalue weighted by molar-refractivity contribution is 5.77. The number of aliphatic carboxylic acids is 1. The molecule has 17 heavy (non-hydrogen) atoms. The normalized spacial score (nSPS) is 16.2. The summed E-state index contributed by atoms with van der Waals surface area (Å²) in [5, 5.41) is 9.25. The van der Waals surface area contributed by atoms with Crippen LogP contribution >= 0.6 is 0 Å². The second-order valence-electron chi connectivity index (χ2n) is 5.31. The maximum Gasteiger partial charge on any atom is 0.323 e. The first-order valence-corrected chi connectivity index (χ1v) is 5.96. The van der Waals surface area contributed by atoms with Gasteiger partial charge in [0.15, 0.2) is 0 Å². The molecule has 0 saturated heterocycles. The van der Waals surface area contributed by atoms with Crippen molar-refractivity contribution in [2.24, 2.45) is 0 Å². The van der Waals surface area contributed by atoms with Crippen molar-refractivity contribution < 1.29 is 9.90 Å². The molecule has 1 aromatic rings. The van der Waals surface area contributed by atoms with Crippen molar-refractivity contribution >= 4 is 5.97 Å². The van der Waals surface area contributed by atoms with E-state index in [0.717, 1.165) is 12.8 Å². The van der Waals surface area contributed by atoms with Gasteiger partial charge in [-0.05, 0) is 44.9 Å². The van der Waals surface area contributed by atoms with Crippen molar-refractivity contribution in [3.05, 3.63) is 35.4 Å². The van der Waals surface area contributed by atoms with Crippen LogP contribution in [0.5, 0.6) is 0 Å². The van der Waals surface area contributed by atoms with E-state index in [2.05, 4.69) is 12.1 Å². The zero-order chi connectivity index (χ0) is 12.6. The van der Waals surface area contributed by atoms with Crippen LogP contribution in [0, 0.1) is 0 Å². The molecule has 2 rings (SSSR count). The third-order valence-electron chi connectivity index (χ3n) is 3.98. The van der Waals surface area contributed by atoms with Gasteiger partial charge in [-0.15, -0.1) is 0 Å². The molecule has 0 saturated carbocycles. The van der Waals surface area contributed by atoms with Gasteiger partial charge in [0.25, 0.3) is 0 Å². The number of carboxylic acids is 1. The fourth-order valence-corrected chi connectivity index (χ4v) is 2.42. The molecule has 0 spiro atoms. The highest BCUT2D eigenvalue weighted by atomic mass is 16.4. The summed E-state index contributed by atoms with van der Waals surface area (Å²) in [5.74, 6) is -0.768. The van der Waals surface area contributed by atoms with Crippen LogP contribution in [0.3, 0.4) is 0 Å². The van der Waals surface area contributed by atoms with Gasteiger partial charge < -0.3 is 5.11 Å². The molecule has 1 aliphatic rings. The van der Waals surface area contributed by atoms with E-state index in [1.807, 2.05) is 24.1 Å². The molecule has 3 nitrogen and oxygen atoms in total. The van der Waals surface area contributed by atoms with Crippen molar-refractivity contribution in [3.63, 3.8) is 0 Å². The minimum absolute atomic E-state index is 0.290. The van der Waals surface area contributed by atoms with Crippen LogP contribution in [0.15, 0.2) is 24.3 Å². The van der Waals surface area contributed by atoms with E-state index in [0.29, 0.717) is 6.04 Å². The molecule has 0 atom stereocenters. The molecule has 1 N–H and O–H groups in total. The lowest BCUT2D eigenvalue weighted by molar-refractivity contribution is -0.149. The average molecular weight is 233 g/mol. The fourth-order valence-electron chi connectivity index (χ4n) is 2.42. The molecule has 0 aliphatic heterocycles. The second kappa shape index (κ2) is 4.15. The lowest BCUT2D eigenvalue weighted by atomic mass is 10.00. The number of hydrogen-bond donors (Lipinski definition) is 1. The van der Waals surface area contributed by atoms with Crippen LogP contribution in [0.1, 0.15) is 25.0 Å². The Bertz CT molecular complexity index is 415. The van der Waals surface area contributed by atoms with Gasteiger partial charge >= 0.3 is 5.97 Å². The average Bonchev–Trinajstić information content (AvgIpc) is 2.70. The number of likely N-dealkylation sites (N-methyl/N-ethyl adjacent to an activating group) is 1. The minimum atomic E-state index is -0.813. The van der Waals surface area contributed by atoms with Crippen molar-refractivity contribution in [2.45, 2.75) is 38.3 Å². The zero-order valence-corrected chi connectivity index (χ0v) is 10.6. The molecule has 0 aromatic heterocycles. The highest BCUT2D eigenvalue weighted by Crippen LogP contribution is 2.28. The van der Waals surface area contributed by atoms with Gasteiger partial charge in [0.1, 0.15) is 5.54 Å². The topological polar surface area (TPSA) is 40.5 Å². The number of hydrogen-bond acceptors (Lipinski definition) is 2. The maximum atomic E-state index is 11.3. The van der Waals surface area contributed by atoms with Gasteiger partial charge in [-0.25, -0.2) is 0 Å². The first-order valence-electron chi connectivity index (χ1n) is 5.96. The van der Waals surface area contributed by atoms with Crippen molar-refractivity contribution in [1.29, 1.82) is 0 Å². The Morgan fingerprint density at radius 3 is 2.18 bits per heavy atom. The first kappa shape index (κ1) is 12.1. The molecule has 0 unspecified atom stereocenters. The minimum Gasteiger partial charge on any atom is -0.480 e. The van der Waals surface area contributed by atoms with Gasteiger partial charge in [0, 0.05) is 6.04 Å². The third kappa shape index (κ3) is 2.07. The molecule has 0 fully saturated rings. The van der Waals surface area contributed by atoms with E-state index >= 15 is 0 Å². The van der Waals surface area contributed by atoms with E-state index in [9.17, 15) is 9.90 Å². The predicted molar refractivity (Wildman–Crippen MR) is 67.1 cm³/mol. The van der Waals surface area contributed by atoms with E-state index in [1.54, 1.807) is 13.8 Å². The van der Waals surface area contributed by atoms with Gasteiger partial charge in [0.05, 0.1) is 0 Å². The summed E-state index contributed by atoms with van der Waals surface area (Å²) in [7, 11) is 1.91. The standard InChI is InChI=1S/C14H19NO2/c1-14(2,13(16)17)15(3)12-8-10-6-4-5-7-11(10)9-12/h4-7,12H,8-9H2,1-3H3,(H,16,17). The molecule has 92 valence electrons. The van der Waals surface area contributed by atoms with Crippen LogP contribution in [-0.4, -0.2) is 34.6 Å². The number of fused-ring (bicyclic) bond motifs is 1. The largest absolute Gasteiger partial charge is 0.480 e. The second-order valence-corrected chi connectivity index (χ2v) is 5.31. The van der Waals surface area contributed by atoms with E-state index in [-0.39, 0.29) is 0 Å². The van der Waals surface area contributed by atoms with Crippen LogP contribution in [0.4, 0.5) is 0 Å². The Labute approximate surface area is 102 Å². The number of carbonyl (C=O) groups is 1. The summed E-state index contributed by atoms with van der Waals surface area (Å²) < 4.78 is 0. The molecule has 0 heterocycles. The summed E-state index contributed by atoms with van der Waals surface area (Å²) in [4.78, 5) is 13.2. The van der Waals surface area contributed by atoms with Crippen LogP contribution in [0.25, 0.3) is 0 Å². The van der Waals surface area contributed by atoms with Gasteiger partial charge in [-0.3, -0.25) is 9.69 Å². The summed E-state index contributed by atoms with van der Waals surface area (Å²) >= 11 is 0. The molecule has 0 radical (unpaired) electrons. The summed E-state index contributed by atoms with van der Waals surface area (Å²) in [6, 6.07) is 8.65. The summed E-state index contributed by atoms with van der Waals surface area (Å²) in [6.07, 6.45) is 1.90. The molecule has 0 amide bonds. The van der Waals surface area contributed by atoms with Gasteiger partial charge in [0.2, 0.25) is 0 Å². The number of carboxylic acid groups (broad SMARTS) is 1. The SMILES string of the molecule is CN(C1Cc2ccccc2C1)C(C)(C)C(=O)O. The Morgan fingerprint density at radius 1 is 1.29 bits per heavy atom. The molecule has 3 heteroatoms. The van der Waals surface area contributed by atoms with E-state index in [1.165, 1.54) is 11.1 Å². The monoisotopic (exact) mass is 233 g/mol. The lowest BCUT2D eigenvalue weighted by Gasteiger charge is -2.36. The lowest BCUT2D eigenvalue weighted by Crippen LogP contribution is -2.52. The maximum absolute atomic E-state index is 11.3. The number of nitrogens with zero attached hydrogens (tertiary/aromatic N) is 1. The summed E-state index contributed by atoms with van der Waals surface area (Å²) in [5.41, 5.74) is 1.89. The quantitative estimate of drug-likeness (QED) is 0.867. The fraction of sp³-hybridized carbons (Fsp3) is 0.500. The number of benzene rings is 1.